The number of carbonyl (C=O) groups is 2. The van der Waals surface area contributed by atoms with Crippen molar-refractivity contribution in [3.8, 4) is 0 Å². The van der Waals surface area contributed by atoms with Crippen LogP contribution in [0.15, 0.2) is 12.1 Å². The van der Waals surface area contributed by atoms with E-state index < -0.39 is 0 Å². The van der Waals surface area contributed by atoms with Gasteiger partial charge in [-0.1, -0.05) is 6.07 Å². The van der Waals surface area contributed by atoms with E-state index in [0.717, 1.165) is 11.1 Å². The van der Waals surface area contributed by atoms with Gasteiger partial charge in [0.15, 0.2) is 0 Å². The molecule has 0 aliphatic rings. The molecular formula is C15H23N3O2. The molecule has 0 heterocycles. The van der Waals surface area contributed by atoms with Gasteiger partial charge in [-0.3, -0.25) is 9.59 Å². The highest BCUT2D eigenvalue weighted by Gasteiger charge is 2.19. The lowest BCUT2D eigenvalue weighted by Gasteiger charge is -2.21. The maximum absolute atomic E-state index is 12.5. The van der Waals surface area contributed by atoms with Crippen LogP contribution in [-0.4, -0.2) is 36.3 Å². The van der Waals surface area contributed by atoms with E-state index >= 15 is 0 Å². The van der Waals surface area contributed by atoms with Crippen LogP contribution in [0.25, 0.3) is 0 Å². The smallest absolute Gasteiger partial charge is 0.254 e. The largest absolute Gasteiger partial charge is 0.398 e. The number of hydrogen-bond donors (Lipinski definition) is 2. The predicted molar refractivity (Wildman–Crippen MR) is 80.6 cm³/mol. The Morgan fingerprint density at radius 3 is 2.40 bits per heavy atom. The molecule has 0 aliphatic heterocycles. The summed E-state index contributed by atoms with van der Waals surface area (Å²) >= 11 is 0. The maximum atomic E-state index is 12.5. The van der Waals surface area contributed by atoms with Crippen molar-refractivity contribution in [3.05, 3.63) is 28.8 Å². The van der Waals surface area contributed by atoms with Crippen molar-refractivity contribution in [2.45, 2.75) is 27.7 Å². The lowest BCUT2D eigenvalue weighted by molar-refractivity contribution is -0.121. The fraction of sp³-hybridized carbons (Fsp3) is 0.467. The summed E-state index contributed by atoms with van der Waals surface area (Å²) in [5.41, 5.74) is 8.83. The number of benzene rings is 1. The summed E-state index contributed by atoms with van der Waals surface area (Å²) in [5, 5.41) is 2.69. The predicted octanol–water partition coefficient (Wildman–Crippen LogP) is 1.48. The zero-order chi connectivity index (χ0) is 15.3. The number of amides is 2. The number of aryl methyl sites for hydroxylation is 2. The van der Waals surface area contributed by atoms with Gasteiger partial charge in [0.25, 0.3) is 5.91 Å². The third-order valence-electron chi connectivity index (χ3n) is 3.22. The van der Waals surface area contributed by atoms with Crippen LogP contribution in [0.3, 0.4) is 0 Å². The molecule has 1 aromatic rings. The Morgan fingerprint density at radius 1 is 1.20 bits per heavy atom. The molecule has 1 rings (SSSR count). The fourth-order valence-corrected chi connectivity index (χ4v) is 2.02. The molecule has 5 nitrogen and oxygen atoms in total. The molecule has 0 saturated heterocycles. The van der Waals surface area contributed by atoms with Gasteiger partial charge in [0.2, 0.25) is 5.91 Å². The molecule has 0 aromatic heterocycles. The van der Waals surface area contributed by atoms with E-state index in [1.807, 2.05) is 33.8 Å². The van der Waals surface area contributed by atoms with Gasteiger partial charge in [-0.2, -0.15) is 0 Å². The number of nitrogens with one attached hydrogen (secondary N) is 1. The Hall–Kier alpha value is -2.04. The lowest BCUT2D eigenvalue weighted by Crippen LogP contribution is -2.40. The second kappa shape index (κ2) is 6.93. The van der Waals surface area contributed by atoms with E-state index in [1.165, 1.54) is 4.90 Å². The van der Waals surface area contributed by atoms with Gasteiger partial charge in [-0.25, -0.2) is 0 Å². The average molecular weight is 277 g/mol. The van der Waals surface area contributed by atoms with Crippen LogP contribution in [0.5, 0.6) is 0 Å². The van der Waals surface area contributed by atoms with Crippen molar-refractivity contribution in [2.24, 2.45) is 0 Å². The number of anilines is 1. The van der Waals surface area contributed by atoms with Crippen LogP contribution in [0.4, 0.5) is 5.69 Å². The summed E-state index contributed by atoms with van der Waals surface area (Å²) in [6.45, 7) is 8.58. The van der Waals surface area contributed by atoms with Crippen molar-refractivity contribution in [1.29, 1.82) is 0 Å². The Bertz CT molecular complexity index is 512. The van der Waals surface area contributed by atoms with Gasteiger partial charge >= 0.3 is 0 Å². The number of nitrogen functional groups attached to an aromatic ring is 1. The van der Waals surface area contributed by atoms with Crippen LogP contribution in [0, 0.1) is 13.8 Å². The van der Waals surface area contributed by atoms with E-state index in [-0.39, 0.29) is 18.4 Å². The fourth-order valence-electron chi connectivity index (χ4n) is 2.02. The summed E-state index contributed by atoms with van der Waals surface area (Å²) < 4.78 is 0. The van der Waals surface area contributed by atoms with Crippen molar-refractivity contribution in [1.82, 2.24) is 10.2 Å². The molecule has 0 aliphatic carbocycles. The minimum atomic E-state index is -0.164. The number of hydrogen-bond acceptors (Lipinski definition) is 3. The molecule has 5 heteroatoms. The second-order valence-electron chi connectivity index (χ2n) is 4.80. The average Bonchev–Trinajstić information content (AvgIpc) is 2.39. The molecule has 0 saturated carbocycles. The Morgan fingerprint density at radius 2 is 1.85 bits per heavy atom. The van der Waals surface area contributed by atoms with Crippen LogP contribution >= 0.6 is 0 Å². The third kappa shape index (κ3) is 3.73. The van der Waals surface area contributed by atoms with Gasteiger partial charge in [-0.05, 0) is 44.9 Å². The highest BCUT2D eigenvalue weighted by molar-refractivity contribution is 5.98. The molecule has 20 heavy (non-hydrogen) atoms. The standard InChI is InChI=1S/C15H23N3O2/c1-5-17-14(19)9-18(6-2)15(20)12-8-13(16)11(4)7-10(12)3/h7-8H,5-6,9,16H2,1-4H3,(H,17,19). The summed E-state index contributed by atoms with van der Waals surface area (Å²) in [4.78, 5) is 25.6. The van der Waals surface area contributed by atoms with E-state index in [0.29, 0.717) is 24.3 Å². The third-order valence-corrected chi connectivity index (χ3v) is 3.22. The first-order valence-electron chi connectivity index (χ1n) is 6.83. The highest BCUT2D eigenvalue weighted by atomic mass is 16.2. The molecule has 1 aromatic carbocycles. The van der Waals surface area contributed by atoms with Gasteiger partial charge in [0.1, 0.15) is 0 Å². The molecule has 0 spiro atoms. The topological polar surface area (TPSA) is 75.4 Å². The molecule has 0 unspecified atom stereocenters. The maximum Gasteiger partial charge on any atom is 0.254 e. The molecule has 3 N–H and O–H groups in total. The van der Waals surface area contributed by atoms with Crippen LogP contribution < -0.4 is 11.1 Å². The molecule has 0 bridgehead atoms. The summed E-state index contributed by atoms with van der Waals surface area (Å²) in [6, 6.07) is 3.58. The van der Waals surface area contributed by atoms with Crippen molar-refractivity contribution in [3.63, 3.8) is 0 Å². The number of nitrogens with zero attached hydrogens (tertiary/aromatic N) is 1. The monoisotopic (exact) mass is 277 g/mol. The quantitative estimate of drug-likeness (QED) is 0.801. The van der Waals surface area contributed by atoms with Crippen molar-refractivity contribution in [2.75, 3.05) is 25.4 Å². The summed E-state index contributed by atoms with van der Waals surface area (Å²) in [6.07, 6.45) is 0. The van der Waals surface area contributed by atoms with Gasteiger partial charge in [0, 0.05) is 24.3 Å². The summed E-state index contributed by atoms with van der Waals surface area (Å²) in [5.74, 6) is -0.316. The minimum absolute atomic E-state index is 0.0659. The Labute approximate surface area is 120 Å². The Kier molecular flexibility index (Phi) is 5.55. The second-order valence-corrected chi connectivity index (χ2v) is 4.80. The van der Waals surface area contributed by atoms with E-state index in [4.69, 9.17) is 5.73 Å². The molecule has 2 amide bonds. The lowest BCUT2D eigenvalue weighted by atomic mass is 10.0. The molecular weight excluding hydrogens is 254 g/mol. The van der Waals surface area contributed by atoms with Crippen LogP contribution in [-0.2, 0) is 4.79 Å². The van der Waals surface area contributed by atoms with Crippen molar-refractivity contribution >= 4 is 17.5 Å². The molecule has 110 valence electrons. The SMILES string of the molecule is CCNC(=O)CN(CC)C(=O)c1cc(N)c(C)cc1C. The first-order valence-corrected chi connectivity index (χ1v) is 6.83. The highest BCUT2D eigenvalue weighted by Crippen LogP contribution is 2.19. The first-order chi connectivity index (χ1) is 9.40. The normalized spacial score (nSPS) is 10.2. The molecule has 0 fully saturated rings. The van der Waals surface area contributed by atoms with E-state index in [9.17, 15) is 9.59 Å². The zero-order valence-electron chi connectivity index (χ0n) is 12.6. The first kappa shape index (κ1) is 16.0. The van der Waals surface area contributed by atoms with Gasteiger partial charge in [-0.15, -0.1) is 0 Å². The number of nitrogens with two attached hydrogens (primary N) is 1. The molecule has 0 atom stereocenters. The zero-order valence-corrected chi connectivity index (χ0v) is 12.6. The summed E-state index contributed by atoms with van der Waals surface area (Å²) in [7, 11) is 0. The van der Waals surface area contributed by atoms with E-state index in [2.05, 4.69) is 5.32 Å². The van der Waals surface area contributed by atoms with Crippen molar-refractivity contribution < 1.29 is 9.59 Å². The Balaban J connectivity index is 2.97. The number of likely N-dealkylation sites (N-methyl/N-ethyl adjacent to an activating group) is 2. The van der Waals surface area contributed by atoms with Gasteiger partial charge in [0.05, 0.1) is 6.54 Å². The molecule has 0 radical (unpaired) electrons. The van der Waals surface area contributed by atoms with Crippen LogP contribution in [0.2, 0.25) is 0 Å². The van der Waals surface area contributed by atoms with Crippen LogP contribution in [0.1, 0.15) is 35.3 Å². The van der Waals surface area contributed by atoms with Gasteiger partial charge < -0.3 is 16.0 Å². The van der Waals surface area contributed by atoms with E-state index in [1.54, 1.807) is 6.07 Å². The number of carbonyl (C=O) groups excluding carboxylic acids is 2. The number of rotatable bonds is 5. The minimum Gasteiger partial charge on any atom is -0.398 e.